The lowest BCUT2D eigenvalue weighted by Crippen LogP contribution is -2.48. The minimum absolute atomic E-state index is 0.241. The zero-order valence-corrected chi connectivity index (χ0v) is 16.9. The number of rotatable bonds is 8. The first kappa shape index (κ1) is 20.2. The van der Waals surface area contributed by atoms with E-state index in [1.54, 1.807) is 7.11 Å². The van der Waals surface area contributed by atoms with Crippen molar-refractivity contribution in [2.45, 2.75) is 26.3 Å². The topological polar surface area (TPSA) is 42.0 Å². The van der Waals surface area contributed by atoms with Crippen molar-refractivity contribution < 1.29 is 14.3 Å². The van der Waals surface area contributed by atoms with Gasteiger partial charge < -0.3 is 14.4 Å². The van der Waals surface area contributed by atoms with Crippen molar-refractivity contribution in [2.75, 3.05) is 39.9 Å². The van der Waals surface area contributed by atoms with Crippen molar-refractivity contribution in [1.82, 2.24) is 9.80 Å². The molecule has 1 aliphatic rings. The van der Waals surface area contributed by atoms with Crippen LogP contribution in [0.25, 0.3) is 0 Å². The van der Waals surface area contributed by atoms with E-state index in [4.69, 9.17) is 9.47 Å². The average molecular weight is 383 g/mol. The maximum absolute atomic E-state index is 12.6. The molecule has 0 radical (unpaired) electrons. The summed E-state index contributed by atoms with van der Waals surface area (Å²) in [6.45, 7) is 6.92. The third-order valence-corrected chi connectivity index (χ3v) is 5.18. The number of nitrogens with zero attached hydrogens (tertiary/aromatic N) is 2. The van der Waals surface area contributed by atoms with Crippen LogP contribution in [0.15, 0.2) is 48.5 Å². The Morgan fingerprint density at radius 3 is 2.39 bits per heavy atom. The second kappa shape index (κ2) is 10.1. The molecule has 0 atom stereocenters. The zero-order chi connectivity index (χ0) is 19.8. The highest BCUT2D eigenvalue weighted by Crippen LogP contribution is 2.21. The van der Waals surface area contributed by atoms with E-state index in [2.05, 4.69) is 17.0 Å². The number of aryl methyl sites for hydroxylation is 1. The van der Waals surface area contributed by atoms with Crippen molar-refractivity contribution in [2.24, 2.45) is 0 Å². The fourth-order valence-electron chi connectivity index (χ4n) is 3.53. The third kappa shape index (κ3) is 5.49. The summed E-state index contributed by atoms with van der Waals surface area (Å²) in [5, 5.41) is 0. The molecule has 0 saturated carbocycles. The van der Waals surface area contributed by atoms with E-state index in [9.17, 15) is 4.79 Å². The van der Waals surface area contributed by atoms with Gasteiger partial charge in [-0.05, 0) is 37.1 Å². The first-order chi connectivity index (χ1) is 13.7. The van der Waals surface area contributed by atoms with E-state index in [-0.39, 0.29) is 5.91 Å². The van der Waals surface area contributed by atoms with Gasteiger partial charge >= 0.3 is 0 Å². The van der Waals surface area contributed by atoms with Crippen LogP contribution < -0.4 is 9.47 Å². The highest BCUT2D eigenvalue weighted by molar-refractivity contribution is 5.76. The van der Waals surface area contributed by atoms with Gasteiger partial charge in [0, 0.05) is 44.7 Å². The lowest BCUT2D eigenvalue weighted by molar-refractivity contribution is -0.133. The van der Waals surface area contributed by atoms with Gasteiger partial charge in [0.15, 0.2) is 0 Å². The van der Waals surface area contributed by atoms with Gasteiger partial charge in [-0.3, -0.25) is 9.69 Å². The van der Waals surface area contributed by atoms with Crippen molar-refractivity contribution >= 4 is 5.91 Å². The molecule has 0 unspecified atom stereocenters. The van der Waals surface area contributed by atoms with Gasteiger partial charge in [-0.25, -0.2) is 0 Å². The molecular weight excluding hydrogens is 352 g/mol. The number of amides is 1. The predicted octanol–water partition coefficient (Wildman–Crippen LogP) is 3.37. The second-order valence-electron chi connectivity index (χ2n) is 7.05. The normalized spacial score (nSPS) is 14.7. The van der Waals surface area contributed by atoms with E-state index in [1.807, 2.05) is 48.2 Å². The van der Waals surface area contributed by atoms with Gasteiger partial charge in [0.1, 0.15) is 11.5 Å². The second-order valence-corrected chi connectivity index (χ2v) is 7.05. The van der Waals surface area contributed by atoms with Crippen LogP contribution in [0, 0.1) is 0 Å². The molecule has 5 nitrogen and oxygen atoms in total. The first-order valence-electron chi connectivity index (χ1n) is 10.0. The maximum Gasteiger partial charge on any atom is 0.222 e. The summed E-state index contributed by atoms with van der Waals surface area (Å²) >= 11 is 0. The van der Waals surface area contributed by atoms with Crippen molar-refractivity contribution in [3.8, 4) is 11.5 Å². The Hall–Kier alpha value is -2.53. The number of carbonyl (C=O) groups is 1. The molecule has 0 bridgehead atoms. The van der Waals surface area contributed by atoms with Gasteiger partial charge in [0.05, 0.1) is 13.7 Å². The van der Waals surface area contributed by atoms with Crippen molar-refractivity contribution in [3.05, 3.63) is 59.7 Å². The monoisotopic (exact) mass is 382 g/mol. The van der Waals surface area contributed by atoms with Crippen LogP contribution in [0.5, 0.6) is 11.5 Å². The van der Waals surface area contributed by atoms with Gasteiger partial charge in [-0.2, -0.15) is 0 Å². The Labute approximate surface area is 167 Å². The first-order valence-corrected chi connectivity index (χ1v) is 10.0. The molecule has 0 aromatic heterocycles. The molecule has 0 N–H and O–H groups in total. The zero-order valence-electron chi connectivity index (χ0n) is 16.9. The van der Waals surface area contributed by atoms with Crippen LogP contribution in [0.3, 0.4) is 0 Å². The molecule has 0 spiro atoms. The summed E-state index contributed by atoms with van der Waals surface area (Å²) in [6.07, 6.45) is 1.32. The number of hydrogen-bond acceptors (Lipinski definition) is 4. The Morgan fingerprint density at radius 2 is 1.71 bits per heavy atom. The minimum Gasteiger partial charge on any atom is -0.497 e. The van der Waals surface area contributed by atoms with E-state index in [0.717, 1.165) is 50.6 Å². The highest BCUT2D eigenvalue weighted by Gasteiger charge is 2.21. The number of benzene rings is 2. The number of ether oxygens (including phenoxy) is 2. The van der Waals surface area contributed by atoms with Crippen LogP contribution in [0.4, 0.5) is 0 Å². The van der Waals surface area contributed by atoms with E-state index < -0.39 is 0 Å². The summed E-state index contributed by atoms with van der Waals surface area (Å²) in [5.74, 6) is 2.05. The van der Waals surface area contributed by atoms with Gasteiger partial charge in [0.2, 0.25) is 5.91 Å². The van der Waals surface area contributed by atoms with Crippen LogP contribution in [0.2, 0.25) is 0 Å². The fourth-order valence-corrected chi connectivity index (χ4v) is 3.53. The standard InChI is InChI=1S/C23H30N2O3/c1-3-28-22-7-5-4-6-20(22)18-24-14-16-25(17-15-24)23(26)13-10-19-8-11-21(27-2)12-9-19/h4-9,11-12H,3,10,13-18H2,1-2H3. The number of carbonyl (C=O) groups excluding carboxylic acids is 1. The van der Waals surface area contributed by atoms with Crippen LogP contribution in [0.1, 0.15) is 24.5 Å². The van der Waals surface area contributed by atoms with Gasteiger partial charge in [-0.1, -0.05) is 30.3 Å². The molecule has 1 aliphatic heterocycles. The Bertz CT molecular complexity index is 753. The Kier molecular flexibility index (Phi) is 7.31. The maximum atomic E-state index is 12.6. The smallest absolute Gasteiger partial charge is 0.222 e. The minimum atomic E-state index is 0.241. The van der Waals surface area contributed by atoms with Gasteiger partial charge in [0.25, 0.3) is 0 Å². The van der Waals surface area contributed by atoms with E-state index in [0.29, 0.717) is 13.0 Å². The fraction of sp³-hybridized carbons (Fsp3) is 0.435. The molecule has 2 aromatic carbocycles. The van der Waals surface area contributed by atoms with Gasteiger partial charge in [-0.15, -0.1) is 0 Å². The Morgan fingerprint density at radius 1 is 1.00 bits per heavy atom. The van der Waals surface area contributed by atoms with Crippen LogP contribution in [-0.4, -0.2) is 55.6 Å². The molecule has 1 saturated heterocycles. The summed E-state index contributed by atoms with van der Waals surface area (Å²) in [4.78, 5) is 16.9. The molecule has 0 aliphatic carbocycles. The summed E-state index contributed by atoms with van der Waals surface area (Å²) in [5.41, 5.74) is 2.38. The largest absolute Gasteiger partial charge is 0.497 e. The summed E-state index contributed by atoms with van der Waals surface area (Å²) < 4.78 is 10.9. The summed E-state index contributed by atoms with van der Waals surface area (Å²) in [7, 11) is 1.66. The predicted molar refractivity (Wildman–Crippen MR) is 111 cm³/mol. The number of methoxy groups -OCH3 is 1. The molecule has 1 heterocycles. The highest BCUT2D eigenvalue weighted by atomic mass is 16.5. The lowest BCUT2D eigenvalue weighted by atomic mass is 10.1. The quantitative estimate of drug-likeness (QED) is 0.702. The number of piperazine rings is 1. The summed E-state index contributed by atoms with van der Waals surface area (Å²) in [6, 6.07) is 16.1. The van der Waals surface area contributed by atoms with E-state index >= 15 is 0 Å². The van der Waals surface area contributed by atoms with Crippen LogP contribution in [-0.2, 0) is 17.8 Å². The lowest BCUT2D eigenvalue weighted by Gasteiger charge is -2.35. The van der Waals surface area contributed by atoms with Crippen molar-refractivity contribution in [3.63, 3.8) is 0 Å². The number of para-hydroxylation sites is 1. The SMILES string of the molecule is CCOc1ccccc1CN1CCN(C(=O)CCc2ccc(OC)cc2)CC1. The molecule has 2 aromatic rings. The molecule has 28 heavy (non-hydrogen) atoms. The molecular formula is C23H30N2O3. The molecule has 5 heteroatoms. The molecule has 1 amide bonds. The number of hydrogen-bond donors (Lipinski definition) is 0. The molecule has 1 fully saturated rings. The van der Waals surface area contributed by atoms with Crippen molar-refractivity contribution in [1.29, 1.82) is 0 Å². The third-order valence-electron chi connectivity index (χ3n) is 5.18. The van der Waals surface area contributed by atoms with E-state index in [1.165, 1.54) is 11.1 Å². The average Bonchev–Trinajstić information content (AvgIpc) is 2.74. The molecule has 150 valence electrons. The molecule has 3 rings (SSSR count). The Balaban J connectivity index is 1.45. The van der Waals surface area contributed by atoms with Crippen LogP contribution >= 0.6 is 0 Å².